The number of nitrogens with one attached hydrogen (secondary N) is 1. The fourth-order valence-corrected chi connectivity index (χ4v) is 3.86. The third-order valence-corrected chi connectivity index (χ3v) is 4.82. The topological polar surface area (TPSA) is 67.4 Å². The number of thiazole rings is 1. The van der Waals surface area contributed by atoms with Gasteiger partial charge in [0.1, 0.15) is 11.9 Å². The van der Waals surface area contributed by atoms with E-state index in [-0.39, 0.29) is 12.0 Å². The molecule has 1 fully saturated rings. The minimum atomic E-state index is -0.515. The van der Waals surface area contributed by atoms with Crippen LogP contribution in [0.5, 0.6) is 5.75 Å². The number of carbonyl (C=O) groups excluding carboxylic acids is 1. The van der Waals surface area contributed by atoms with Crippen molar-refractivity contribution in [3.05, 3.63) is 34.3 Å². The Morgan fingerprint density at radius 1 is 1.40 bits per heavy atom. The summed E-state index contributed by atoms with van der Waals surface area (Å²) in [5.41, 5.74) is 1.86. The molecule has 2 aromatic heterocycles. The van der Waals surface area contributed by atoms with Gasteiger partial charge in [-0.25, -0.2) is 0 Å². The smallest absolute Gasteiger partial charge is 0.230 e. The molecule has 1 N–H and O–H groups in total. The molecule has 25 heavy (non-hydrogen) atoms. The van der Waals surface area contributed by atoms with Gasteiger partial charge in [-0.3, -0.25) is 14.7 Å². The molecule has 0 aromatic carbocycles. The molecule has 134 valence electrons. The van der Waals surface area contributed by atoms with Gasteiger partial charge in [0, 0.05) is 50.1 Å². The highest BCUT2D eigenvalue weighted by Crippen LogP contribution is 2.26. The number of nitrogens with zero attached hydrogens (tertiary/aromatic N) is 3. The van der Waals surface area contributed by atoms with Crippen LogP contribution in [0.1, 0.15) is 29.6 Å². The predicted octanol–water partition coefficient (Wildman–Crippen LogP) is 2.91. The normalized spacial score (nSPS) is 17.7. The lowest BCUT2D eigenvalue weighted by Crippen LogP contribution is -2.24. The molecule has 0 aliphatic carbocycles. The summed E-state index contributed by atoms with van der Waals surface area (Å²) in [6, 6.07) is 3.86. The summed E-state index contributed by atoms with van der Waals surface area (Å²) in [5.74, 6) is 0.0603. The second-order valence-electron chi connectivity index (χ2n) is 6.26. The Kier molecular flexibility index (Phi) is 5.29. The van der Waals surface area contributed by atoms with E-state index in [1.165, 1.54) is 18.3 Å². The van der Waals surface area contributed by atoms with E-state index in [1.807, 2.05) is 26.0 Å². The van der Waals surface area contributed by atoms with E-state index in [4.69, 9.17) is 4.74 Å². The van der Waals surface area contributed by atoms with Crippen LogP contribution in [0.15, 0.2) is 12.1 Å². The van der Waals surface area contributed by atoms with Crippen LogP contribution in [0.3, 0.4) is 0 Å². The second-order valence-corrected chi connectivity index (χ2v) is 7.35. The first-order valence-electron chi connectivity index (χ1n) is 8.16. The van der Waals surface area contributed by atoms with E-state index >= 15 is 0 Å². The van der Waals surface area contributed by atoms with Crippen LogP contribution in [-0.4, -0.2) is 40.0 Å². The van der Waals surface area contributed by atoms with Crippen molar-refractivity contribution >= 4 is 22.4 Å². The Balaban J connectivity index is 1.58. The number of rotatable bonds is 5. The summed E-state index contributed by atoms with van der Waals surface area (Å²) in [7, 11) is 0. The van der Waals surface area contributed by atoms with Crippen molar-refractivity contribution in [3.63, 3.8) is 0 Å². The van der Waals surface area contributed by atoms with Gasteiger partial charge in [0.25, 0.3) is 0 Å². The molecule has 6 nitrogen and oxygen atoms in total. The van der Waals surface area contributed by atoms with Crippen LogP contribution in [-0.2, 0) is 11.3 Å². The molecule has 1 atom stereocenters. The molecule has 2 aromatic rings. The molecule has 1 saturated heterocycles. The predicted molar refractivity (Wildman–Crippen MR) is 94.4 cm³/mol. The van der Waals surface area contributed by atoms with E-state index in [0.29, 0.717) is 16.6 Å². The van der Waals surface area contributed by atoms with E-state index in [9.17, 15) is 9.18 Å². The SMILES string of the molecule is CC(=O)Nc1nc(F)c(CN2CC[C@H](Oc3cc(C)nc(C)c3)C2)s1. The van der Waals surface area contributed by atoms with Crippen molar-refractivity contribution < 1.29 is 13.9 Å². The zero-order chi connectivity index (χ0) is 18.0. The van der Waals surface area contributed by atoms with E-state index in [1.54, 1.807) is 0 Å². The van der Waals surface area contributed by atoms with Crippen molar-refractivity contribution in [3.8, 4) is 5.75 Å². The van der Waals surface area contributed by atoms with Gasteiger partial charge in [0.05, 0.1) is 4.88 Å². The first kappa shape index (κ1) is 17.8. The summed E-state index contributed by atoms with van der Waals surface area (Å²) >= 11 is 1.17. The summed E-state index contributed by atoms with van der Waals surface area (Å²) in [5, 5.41) is 2.82. The van der Waals surface area contributed by atoms with Gasteiger partial charge < -0.3 is 10.1 Å². The Bertz CT molecular complexity index is 760. The first-order valence-corrected chi connectivity index (χ1v) is 8.98. The molecule has 1 amide bonds. The molecule has 0 unspecified atom stereocenters. The third-order valence-electron chi connectivity index (χ3n) is 3.89. The van der Waals surface area contributed by atoms with Crippen molar-refractivity contribution in [1.29, 1.82) is 0 Å². The lowest BCUT2D eigenvalue weighted by Gasteiger charge is -2.16. The zero-order valence-electron chi connectivity index (χ0n) is 14.5. The maximum absolute atomic E-state index is 13.9. The molecule has 1 aliphatic heterocycles. The fourth-order valence-electron chi connectivity index (χ4n) is 2.93. The molecule has 0 saturated carbocycles. The number of hydrogen-bond donors (Lipinski definition) is 1. The van der Waals surface area contributed by atoms with Crippen molar-refractivity contribution in [1.82, 2.24) is 14.9 Å². The van der Waals surface area contributed by atoms with E-state index < -0.39 is 5.95 Å². The largest absolute Gasteiger partial charge is 0.489 e. The highest BCUT2D eigenvalue weighted by Gasteiger charge is 2.26. The standard InChI is InChI=1S/C17H21FN4O2S/c1-10-6-14(7-11(2)19-10)24-13-4-5-22(8-13)9-15-16(18)21-17(25-15)20-12(3)23/h6-7,13H,4-5,8-9H2,1-3H3,(H,20,21,23)/t13-/m0/s1. The molecule has 0 radical (unpaired) electrons. The van der Waals surface area contributed by atoms with Crippen molar-refractivity contribution in [2.24, 2.45) is 0 Å². The van der Waals surface area contributed by atoms with Gasteiger partial charge in [-0.15, -0.1) is 0 Å². The van der Waals surface area contributed by atoms with Gasteiger partial charge in [-0.2, -0.15) is 9.37 Å². The zero-order valence-corrected chi connectivity index (χ0v) is 15.3. The molecule has 3 heterocycles. The van der Waals surface area contributed by atoms with Crippen LogP contribution in [0.2, 0.25) is 0 Å². The summed E-state index contributed by atoms with van der Waals surface area (Å²) < 4.78 is 20.0. The highest BCUT2D eigenvalue weighted by atomic mass is 32.1. The van der Waals surface area contributed by atoms with Crippen LogP contribution in [0.4, 0.5) is 9.52 Å². The number of aromatic nitrogens is 2. The van der Waals surface area contributed by atoms with Gasteiger partial charge in [-0.05, 0) is 20.3 Å². The second kappa shape index (κ2) is 7.45. The van der Waals surface area contributed by atoms with Crippen LogP contribution < -0.4 is 10.1 Å². The average Bonchev–Trinajstić information content (AvgIpc) is 3.05. The minimum absolute atomic E-state index is 0.0759. The Morgan fingerprint density at radius 3 is 2.80 bits per heavy atom. The lowest BCUT2D eigenvalue weighted by atomic mass is 10.3. The van der Waals surface area contributed by atoms with Crippen molar-refractivity contribution in [2.45, 2.75) is 39.8 Å². The monoisotopic (exact) mass is 364 g/mol. The van der Waals surface area contributed by atoms with Gasteiger partial charge in [-0.1, -0.05) is 11.3 Å². The molecular formula is C17H21FN4O2S. The summed E-state index contributed by atoms with van der Waals surface area (Å²) in [6.07, 6.45) is 0.964. The Labute approximate surface area is 150 Å². The van der Waals surface area contributed by atoms with Crippen LogP contribution in [0, 0.1) is 19.8 Å². The molecular weight excluding hydrogens is 343 g/mol. The number of pyridine rings is 1. The van der Waals surface area contributed by atoms with Gasteiger partial charge in [0.2, 0.25) is 11.9 Å². The lowest BCUT2D eigenvalue weighted by molar-refractivity contribution is -0.114. The van der Waals surface area contributed by atoms with Crippen LogP contribution in [0.25, 0.3) is 0 Å². The number of aryl methyl sites for hydroxylation is 2. The first-order chi connectivity index (χ1) is 11.9. The Hall–Kier alpha value is -2.06. The van der Waals surface area contributed by atoms with E-state index in [0.717, 1.165) is 36.6 Å². The van der Waals surface area contributed by atoms with E-state index in [2.05, 4.69) is 20.2 Å². The minimum Gasteiger partial charge on any atom is -0.489 e. The summed E-state index contributed by atoms with van der Waals surface area (Å²) in [6.45, 7) is 7.30. The molecule has 0 spiro atoms. The highest BCUT2D eigenvalue weighted by molar-refractivity contribution is 7.15. The Morgan fingerprint density at radius 2 is 2.12 bits per heavy atom. The number of halogens is 1. The number of carbonyl (C=O) groups is 1. The maximum Gasteiger partial charge on any atom is 0.230 e. The number of hydrogen-bond acceptors (Lipinski definition) is 6. The van der Waals surface area contributed by atoms with Crippen molar-refractivity contribution in [2.75, 3.05) is 18.4 Å². The maximum atomic E-state index is 13.9. The molecule has 0 bridgehead atoms. The molecule has 1 aliphatic rings. The summed E-state index contributed by atoms with van der Waals surface area (Å²) in [4.78, 5) is 21.8. The quantitative estimate of drug-likeness (QED) is 0.884. The van der Waals surface area contributed by atoms with Gasteiger partial charge >= 0.3 is 0 Å². The number of likely N-dealkylation sites (tertiary alicyclic amines) is 1. The van der Waals surface area contributed by atoms with Gasteiger partial charge in [0.15, 0.2) is 5.13 Å². The average molecular weight is 364 g/mol. The van der Waals surface area contributed by atoms with Crippen LogP contribution >= 0.6 is 11.3 Å². The fraction of sp³-hybridized carbons (Fsp3) is 0.471. The number of ether oxygens (including phenoxy) is 1. The molecule has 3 rings (SSSR count). The molecule has 8 heteroatoms. The number of amides is 1. The third kappa shape index (κ3) is 4.73. The number of anilines is 1.